The van der Waals surface area contributed by atoms with Crippen LogP contribution in [-0.4, -0.2) is 54.2 Å². The Labute approximate surface area is 223 Å². The molecule has 0 radical (unpaired) electrons. The third kappa shape index (κ3) is 11.4. The Balaban J connectivity index is 3.17. The van der Waals surface area contributed by atoms with Crippen molar-refractivity contribution < 1.29 is 48.0 Å². The minimum absolute atomic E-state index is 0.0560. The number of benzene rings is 1. The van der Waals surface area contributed by atoms with Crippen molar-refractivity contribution in [1.82, 2.24) is 0 Å². The van der Waals surface area contributed by atoms with Gasteiger partial charge in [0.05, 0.1) is 19.1 Å². The van der Waals surface area contributed by atoms with Crippen LogP contribution in [0.25, 0.3) is 0 Å². The van der Waals surface area contributed by atoms with Crippen LogP contribution in [0.1, 0.15) is 66.9 Å². The Morgan fingerprint density at radius 1 is 0.895 bits per heavy atom. The van der Waals surface area contributed by atoms with Gasteiger partial charge in [-0.2, -0.15) is 0 Å². The van der Waals surface area contributed by atoms with Crippen LogP contribution in [0.4, 0.5) is 9.59 Å². The summed E-state index contributed by atoms with van der Waals surface area (Å²) in [4.78, 5) is 48.6. The maximum absolute atomic E-state index is 12.2. The van der Waals surface area contributed by atoms with E-state index >= 15 is 0 Å². The van der Waals surface area contributed by atoms with Gasteiger partial charge in [-0.1, -0.05) is 47.6 Å². The molecule has 0 aliphatic rings. The van der Waals surface area contributed by atoms with Gasteiger partial charge in [0.2, 0.25) is 0 Å². The Morgan fingerprint density at radius 3 is 1.89 bits per heavy atom. The number of hydrogen-bond donors (Lipinski definition) is 2. The molecule has 0 saturated carbocycles. The molecule has 3 N–H and O–H groups in total. The molecule has 0 fully saturated rings. The van der Waals surface area contributed by atoms with E-state index in [4.69, 9.17) is 29.4 Å². The van der Waals surface area contributed by atoms with Crippen molar-refractivity contribution in [3.8, 4) is 11.5 Å². The molecule has 0 heterocycles. The topological polar surface area (TPSA) is 161 Å². The third-order valence-electron chi connectivity index (χ3n) is 5.39. The number of carbonyl (C=O) groups excluding carboxylic acids is 3. The van der Waals surface area contributed by atoms with Crippen LogP contribution in [0.3, 0.4) is 0 Å². The molecule has 11 heteroatoms. The van der Waals surface area contributed by atoms with Crippen LogP contribution >= 0.6 is 0 Å². The minimum atomic E-state index is -1.82. The summed E-state index contributed by atoms with van der Waals surface area (Å²) in [5.74, 6) is -2.24. The summed E-state index contributed by atoms with van der Waals surface area (Å²) in [6, 6.07) is 4.16. The van der Waals surface area contributed by atoms with Gasteiger partial charge in [0.15, 0.2) is 11.5 Å². The van der Waals surface area contributed by atoms with Crippen LogP contribution in [0.5, 0.6) is 11.5 Å². The molecule has 1 aromatic rings. The highest BCUT2D eigenvalue weighted by Gasteiger charge is 2.37. The Kier molecular flexibility index (Phi) is 13.0. The molecule has 0 spiro atoms. The zero-order valence-corrected chi connectivity index (χ0v) is 23.3. The maximum atomic E-state index is 12.2. The lowest BCUT2D eigenvalue weighted by atomic mass is 9.86. The summed E-state index contributed by atoms with van der Waals surface area (Å²) in [6.07, 6.45) is -2.58. The SMILES string of the molecule is CCC(C)C(=O)O[C@@H](C)CC(N)(Cc1ccc(OC(=O)OCC(C)C)c(OC(=O)OCC(C)C)c1)C(=O)O. The molecule has 11 nitrogen and oxygen atoms in total. The van der Waals surface area contributed by atoms with Crippen molar-refractivity contribution in [3.63, 3.8) is 0 Å². The molecule has 0 aliphatic heterocycles. The predicted octanol–water partition coefficient (Wildman–Crippen LogP) is 4.72. The lowest BCUT2D eigenvalue weighted by Crippen LogP contribution is -2.52. The molecule has 214 valence electrons. The van der Waals surface area contributed by atoms with Gasteiger partial charge < -0.3 is 34.5 Å². The second-order valence-electron chi connectivity index (χ2n) is 10.3. The van der Waals surface area contributed by atoms with E-state index in [1.165, 1.54) is 18.2 Å². The van der Waals surface area contributed by atoms with Gasteiger partial charge >= 0.3 is 24.2 Å². The molecule has 38 heavy (non-hydrogen) atoms. The van der Waals surface area contributed by atoms with E-state index in [0.717, 1.165) is 0 Å². The van der Waals surface area contributed by atoms with E-state index in [9.17, 15) is 24.3 Å². The molecular formula is C27H41NO10. The number of carboxylic acid groups (broad SMARTS) is 1. The number of aliphatic carboxylic acids is 1. The van der Waals surface area contributed by atoms with Crippen LogP contribution in [-0.2, 0) is 30.2 Å². The van der Waals surface area contributed by atoms with E-state index in [2.05, 4.69) is 0 Å². The fourth-order valence-electron chi connectivity index (χ4n) is 3.17. The van der Waals surface area contributed by atoms with E-state index in [1.54, 1.807) is 13.8 Å². The average Bonchev–Trinajstić information content (AvgIpc) is 2.82. The minimum Gasteiger partial charge on any atom is -0.480 e. The molecular weight excluding hydrogens is 498 g/mol. The lowest BCUT2D eigenvalue weighted by molar-refractivity contribution is -0.156. The van der Waals surface area contributed by atoms with Gasteiger partial charge in [-0.25, -0.2) is 9.59 Å². The molecule has 0 aliphatic carbocycles. The fourth-order valence-corrected chi connectivity index (χ4v) is 3.17. The molecule has 0 bridgehead atoms. The summed E-state index contributed by atoms with van der Waals surface area (Å²) in [6.45, 7) is 12.8. The first-order chi connectivity index (χ1) is 17.7. The van der Waals surface area contributed by atoms with E-state index in [-0.39, 0.29) is 55.3 Å². The van der Waals surface area contributed by atoms with Gasteiger partial charge in [-0.3, -0.25) is 9.59 Å². The smallest absolute Gasteiger partial charge is 0.480 e. The Morgan fingerprint density at radius 2 is 1.42 bits per heavy atom. The number of nitrogens with two attached hydrogens (primary N) is 1. The highest BCUT2D eigenvalue weighted by molar-refractivity contribution is 5.79. The highest BCUT2D eigenvalue weighted by Crippen LogP contribution is 2.31. The first kappa shape index (κ1) is 32.7. The summed E-state index contributed by atoms with van der Waals surface area (Å²) in [5.41, 5.74) is 4.80. The van der Waals surface area contributed by atoms with Crippen LogP contribution in [0.2, 0.25) is 0 Å². The average molecular weight is 540 g/mol. The zero-order valence-electron chi connectivity index (χ0n) is 23.3. The van der Waals surface area contributed by atoms with Gasteiger partial charge in [0, 0.05) is 12.8 Å². The first-order valence-corrected chi connectivity index (χ1v) is 12.7. The second kappa shape index (κ2) is 15.2. The predicted molar refractivity (Wildman–Crippen MR) is 138 cm³/mol. The van der Waals surface area contributed by atoms with Crippen molar-refractivity contribution >= 4 is 24.2 Å². The standard InChI is InChI=1S/C27H41NO10/c1-8-18(6)23(29)36-19(7)12-27(28,24(30)31)13-20-9-10-21(37-25(32)34-14-16(2)3)22(11-20)38-26(33)35-15-17(4)5/h9-11,16-19H,8,12-15,28H2,1-7H3,(H,30,31)/t18?,19-,27?/m0/s1. The normalized spacial score (nSPS) is 14.3. The van der Waals surface area contributed by atoms with Crippen molar-refractivity contribution in [1.29, 1.82) is 0 Å². The molecule has 1 rings (SSSR count). The van der Waals surface area contributed by atoms with E-state index < -0.39 is 35.9 Å². The molecule has 0 saturated heterocycles. The van der Waals surface area contributed by atoms with Gasteiger partial charge in [-0.15, -0.1) is 0 Å². The van der Waals surface area contributed by atoms with Crippen molar-refractivity contribution in [2.75, 3.05) is 13.2 Å². The summed E-state index contributed by atoms with van der Waals surface area (Å²) >= 11 is 0. The summed E-state index contributed by atoms with van der Waals surface area (Å²) < 4.78 is 25.9. The largest absolute Gasteiger partial charge is 0.513 e. The number of ether oxygens (including phenoxy) is 5. The molecule has 0 aromatic heterocycles. The number of carboxylic acids is 1. The van der Waals surface area contributed by atoms with E-state index in [1.807, 2.05) is 34.6 Å². The Bertz CT molecular complexity index is 961. The quantitative estimate of drug-likeness (QED) is 0.191. The van der Waals surface area contributed by atoms with Gasteiger partial charge in [-0.05, 0) is 42.9 Å². The van der Waals surface area contributed by atoms with Gasteiger partial charge in [0.1, 0.15) is 11.6 Å². The third-order valence-corrected chi connectivity index (χ3v) is 5.39. The molecule has 3 atom stereocenters. The summed E-state index contributed by atoms with van der Waals surface area (Å²) in [7, 11) is 0. The van der Waals surface area contributed by atoms with Crippen LogP contribution in [0, 0.1) is 17.8 Å². The Hall–Kier alpha value is -3.34. The second-order valence-corrected chi connectivity index (χ2v) is 10.3. The number of hydrogen-bond acceptors (Lipinski definition) is 10. The highest BCUT2D eigenvalue weighted by atomic mass is 16.7. The number of esters is 1. The molecule has 2 unspecified atom stereocenters. The van der Waals surface area contributed by atoms with Crippen molar-refractivity contribution in [2.24, 2.45) is 23.5 Å². The first-order valence-electron chi connectivity index (χ1n) is 12.7. The van der Waals surface area contributed by atoms with Crippen LogP contribution in [0.15, 0.2) is 18.2 Å². The van der Waals surface area contributed by atoms with Crippen molar-refractivity contribution in [2.45, 2.75) is 79.4 Å². The number of carbonyl (C=O) groups is 4. The zero-order chi connectivity index (χ0) is 29.0. The summed E-state index contributed by atoms with van der Waals surface area (Å²) in [5, 5.41) is 9.89. The lowest BCUT2D eigenvalue weighted by Gasteiger charge is -2.28. The maximum Gasteiger partial charge on any atom is 0.513 e. The van der Waals surface area contributed by atoms with E-state index in [0.29, 0.717) is 12.0 Å². The molecule has 1 aromatic carbocycles. The van der Waals surface area contributed by atoms with Crippen LogP contribution < -0.4 is 15.2 Å². The fraction of sp³-hybridized carbons (Fsp3) is 0.630. The monoisotopic (exact) mass is 539 g/mol. The van der Waals surface area contributed by atoms with Gasteiger partial charge in [0.25, 0.3) is 0 Å². The molecule has 0 amide bonds. The van der Waals surface area contributed by atoms with Crippen molar-refractivity contribution in [3.05, 3.63) is 23.8 Å². The number of rotatable bonds is 14.